The number of pyridine rings is 1. The molecule has 3 atom stereocenters. The largest absolute Gasteiger partial charge is 0.481 e. The molecule has 0 saturated heterocycles. The van der Waals surface area contributed by atoms with Gasteiger partial charge in [0.15, 0.2) is 0 Å². The number of aromatic nitrogens is 1. The number of rotatable bonds is 10. The summed E-state index contributed by atoms with van der Waals surface area (Å²) < 4.78 is 0. The highest BCUT2D eigenvalue weighted by atomic mass is 16.4. The first-order chi connectivity index (χ1) is 18.6. The zero-order chi connectivity index (χ0) is 28.1. The van der Waals surface area contributed by atoms with Crippen molar-refractivity contribution in [1.82, 2.24) is 10.3 Å². The molecule has 4 aromatic rings. The minimum Gasteiger partial charge on any atom is -0.481 e. The summed E-state index contributed by atoms with van der Waals surface area (Å²) in [6.07, 6.45) is 2.23. The number of aliphatic carboxylic acids is 1. The standard InChI is InChI=1S/C31H34N4O4/c1-18(7-12-28(36)37)26-11-9-23(15-19(26)2)29(31(39)34-20(3)22-5-4-6-24(32)16-22)35-25-10-8-21-13-14-33-30(38)27(21)17-25/h4-6,8-11,13-18,20,29,35H,7,12,32H2,1-3H3,(H,33,38)(H,34,39)(H,36,37)/t18-,20+,29?/m0/s1. The molecule has 1 amide bonds. The van der Waals surface area contributed by atoms with Crippen LogP contribution in [0.5, 0.6) is 0 Å². The van der Waals surface area contributed by atoms with E-state index in [1.54, 1.807) is 18.3 Å². The third-order valence-corrected chi connectivity index (χ3v) is 7.07. The maximum absolute atomic E-state index is 13.7. The monoisotopic (exact) mass is 526 g/mol. The number of benzene rings is 3. The van der Waals surface area contributed by atoms with Crippen molar-refractivity contribution in [1.29, 1.82) is 0 Å². The Labute approximate surface area is 227 Å². The summed E-state index contributed by atoms with van der Waals surface area (Å²) in [4.78, 5) is 39.8. The Morgan fingerprint density at radius 3 is 2.51 bits per heavy atom. The smallest absolute Gasteiger partial charge is 0.303 e. The van der Waals surface area contributed by atoms with Crippen LogP contribution in [0.1, 0.15) is 66.9 Å². The molecule has 0 fully saturated rings. The van der Waals surface area contributed by atoms with Gasteiger partial charge in [0.25, 0.3) is 5.56 Å². The van der Waals surface area contributed by atoms with Crippen LogP contribution < -0.4 is 21.9 Å². The maximum Gasteiger partial charge on any atom is 0.303 e. The molecule has 39 heavy (non-hydrogen) atoms. The lowest BCUT2D eigenvalue weighted by molar-refractivity contribution is -0.137. The van der Waals surface area contributed by atoms with Gasteiger partial charge in [-0.3, -0.25) is 14.4 Å². The van der Waals surface area contributed by atoms with Gasteiger partial charge in [-0.25, -0.2) is 0 Å². The first kappa shape index (κ1) is 27.4. The fourth-order valence-electron chi connectivity index (χ4n) is 4.88. The van der Waals surface area contributed by atoms with Crippen LogP contribution in [0.15, 0.2) is 77.7 Å². The van der Waals surface area contributed by atoms with Crippen LogP contribution in [0.4, 0.5) is 11.4 Å². The molecular weight excluding hydrogens is 492 g/mol. The molecular formula is C31H34N4O4. The van der Waals surface area contributed by atoms with E-state index in [1.165, 1.54) is 0 Å². The molecule has 1 unspecified atom stereocenters. The number of aryl methyl sites for hydroxylation is 1. The summed E-state index contributed by atoms with van der Waals surface area (Å²) >= 11 is 0. The number of carbonyl (C=O) groups excluding carboxylic acids is 1. The lowest BCUT2D eigenvalue weighted by Gasteiger charge is -2.24. The number of H-pyrrole nitrogens is 1. The van der Waals surface area contributed by atoms with Crippen molar-refractivity contribution in [2.24, 2.45) is 0 Å². The van der Waals surface area contributed by atoms with Crippen molar-refractivity contribution in [3.63, 3.8) is 0 Å². The minimum atomic E-state index is -0.819. The van der Waals surface area contributed by atoms with Crippen molar-refractivity contribution >= 4 is 34.0 Å². The van der Waals surface area contributed by atoms with E-state index in [0.717, 1.165) is 27.6 Å². The molecule has 3 aromatic carbocycles. The highest BCUT2D eigenvalue weighted by molar-refractivity contribution is 5.89. The number of nitrogens with two attached hydrogens (primary N) is 1. The van der Waals surface area contributed by atoms with Crippen LogP contribution in [0.2, 0.25) is 0 Å². The Morgan fingerprint density at radius 2 is 1.79 bits per heavy atom. The average Bonchev–Trinajstić information content (AvgIpc) is 2.90. The van der Waals surface area contributed by atoms with Gasteiger partial charge in [0.05, 0.1) is 6.04 Å². The van der Waals surface area contributed by atoms with Gasteiger partial charge in [0.2, 0.25) is 5.91 Å². The number of nitrogens with one attached hydrogen (secondary N) is 3. The van der Waals surface area contributed by atoms with Gasteiger partial charge in [0.1, 0.15) is 6.04 Å². The third-order valence-electron chi connectivity index (χ3n) is 7.07. The first-order valence-electron chi connectivity index (χ1n) is 13.0. The summed E-state index contributed by atoms with van der Waals surface area (Å²) in [7, 11) is 0. The van der Waals surface area contributed by atoms with Gasteiger partial charge in [-0.15, -0.1) is 0 Å². The third kappa shape index (κ3) is 6.65. The van der Waals surface area contributed by atoms with Crippen molar-refractivity contribution in [2.45, 2.75) is 51.6 Å². The van der Waals surface area contributed by atoms with Crippen LogP contribution in [-0.4, -0.2) is 22.0 Å². The second-order valence-corrected chi connectivity index (χ2v) is 10.0. The van der Waals surface area contributed by atoms with Crippen molar-refractivity contribution < 1.29 is 14.7 Å². The molecule has 0 aliphatic heterocycles. The SMILES string of the molecule is Cc1cc(C(Nc2ccc3cc[nH]c(=O)c3c2)C(=O)N[C@H](C)c2cccc(N)c2)ccc1[C@@H](C)CCC(=O)O. The summed E-state index contributed by atoms with van der Waals surface area (Å²) in [5, 5.41) is 16.8. The van der Waals surface area contributed by atoms with Crippen LogP contribution in [0.25, 0.3) is 10.8 Å². The van der Waals surface area contributed by atoms with Crippen LogP contribution in [0, 0.1) is 6.92 Å². The van der Waals surface area contributed by atoms with E-state index in [2.05, 4.69) is 15.6 Å². The number of amides is 1. The summed E-state index contributed by atoms with van der Waals surface area (Å²) in [6.45, 7) is 5.88. The Hall–Kier alpha value is -4.59. The van der Waals surface area contributed by atoms with Crippen molar-refractivity contribution in [2.75, 3.05) is 11.1 Å². The molecule has 202 valence electrons. The zero-order valence-electron chi connectivity index (χ0n) is 22.3. The fourth-order valence-corrected chi connectivity index (χ4v) is 4.88. The van der Waals surface area contributed by atoms with E-state index < -0.39 is 12.0 Å². The molecule has 0 bridgehead atoms. The topological polar surface area (TPSA) is 137 Å². The second-order valence-electron chi connectivity index (χ2n) is 10.0. The predicted molar refractivity (Wildman–Crippen MR) is 155 cm³/mol. The number of hydrogen-bond acceptors (Lipinski definition) is 5. The van der Waals surface area contributed by atoms with Gasteiger partial charge in [-0.1, -0.05) is 43.3 Å². The predicted octanol–water partition coefficient (Wildman–Crippen LogP) is 5.42. The maximum atomic E-state index is 13.7. The highest BCUT2D eigenvalue weighted by Crippen LogP contribution is 2.29. The van der Waals surface area contributed by atoms with Crippen LogP contribution in [0.3, 0.4) is 0 Å². The average molecular weight is 527 g/mol. The van der Waals surface area contributed by atoms with E-state index in [4.69, 9.17) is 10.8 Å². The Bertz CT molecular complexity index is 1560. The summed E-state index contributed by atoms with van der Waals surface area (Å²) in [6, 6.07) is 19.4. The van der Waals surface area contributed by atoms with E-state index in [-0.39, 0.29) is 29.8 Å². The number of nitrogen functional groups attached to an aromatic ring is 1. The van der Waals surface area contributed by atoms with Crippen LogP contribution in [-0.2, 0) is 9.59 Å². The number of aromatic amines is 1. The summed E-state index contributed by atoms with van der Waals surface area (Å²) in [5.41, 5.74) is 10.6. The molecule has 8 nitrogen and oxygen atoms in total. The van der Waals surface area contributed by atoms with Gasteiger partial charge < -0.3 is 26.5 Å². The van der Waals surface area contributed by atoms with Crippen LogP contribution >= 0.6 is 0 Å². The van der Waals surface area contributed by atoms with Gasteiger partial charge in [0, 0.05) is 29.4 Å². The molecule has 8 heteroatoms. The second kappa shape index (κ2) is 11.9. The number of anilines is 2. The number of hydrogen-bond donors (Lipinski definition) is 5. The van der Waals surface area contributed by atoms with E-state index >= 15 is 0 Å². The van der Waals surface area contributed by atoms with E-state index in [1.807, 2.05) is 75.4 Å². The minimum absolute atomic E-state index is 0.0613. The highest BCUT2D eigenvalue weighted by Gasteiger charge is 2.24. The number of carbonyl (C=O) groups is 2. The Balaban J connectivity index is 1.66. The number of fused-ring (bicyclic) bond motifs is 1. The van der Waals surface area contributed by atoms with Gasteiger partial charge in [-0.05, 0) is 84.2 Å². The lowest BCUT2D eigenvalue weighted by Crippen LogP contribution is -2.35. The quantitative estimate of drug-likeness (QED) is 0.175. The molecule has 0 spiro atoms. The zero-order valence-corrected chi connectivity index (χ0v) is 22.3. The molecule has 0 radical (unpaired) electrons. The number of carboxylic acid groups (broad SMARTS) is 1. The molecule has 4 rings (SSSR count). The Kier molecular flexibility index (Phi) is 8.34. The summed E-state index contributed by atoms with van der Waals surface area (Å²) in [5.74, 6) is -0.996. The van der Waals surface area contributed by atoms with Crippen molar-refractivity contribution in [3.05, 3.63) is 106 Å². The lowest BCUT2D eigenvalue weighted by atomic mass is 9.90. The molecule has 0 aliphatic rings. The molecule has 1 aromatic heterocycles. The Morgan fingerprint density at radius 1 is 1.00 bits per heavy atom. The normalized spacial score (nSPS) is 13.4. The van der Waals surface area contributed by atoms with Gasteiger partial charge in [-0.2, -0.15) is 0 Å². The fraction of sp³-hybridized carbons (Fsp3) is 0.258. The van der Waals surface area contributed by atoms with Crippen molar-refractivity contribution in [3.8, 4) is 0 Å². The molecule has 0 aliphatic carbocycles. The molecule has 0 saturated carbocycles. The molecule has 1 heterocycles. The van der Waals surface area contributed by atoms with Gasteiger partial charge >= 0.3 is 5.97 Å². The van der Waals surface area contributed by atoms with E-state index in [9.17, 15) is 14.4 Å². The number of carboxylic acids is 1. The first-order valence-corrected chi connectivity index (χ1v) is 13.0. The molecule has 6 N–H and O–H groups in total. The van der Waals surface area contributed by atoms with E-state index in [0.29, 0.717) is 23.2 Å².